The maximum atomic E-state index is 13.1. The fraction of sp³-hybridized carbons (Fsp3) is 0.160. The number of esters is 1. The highest BCUT2D eigenvalue weighted by atomic mass is 35.5. The van der Waals surface area contributed by atoms with Gasteiger partial charge in [-0.25, -0.2) is 8.42 Å². The summed E-state index contributed by atoms with van der Waals surface area (Å²) in [5.41, 5.74) is 2.27. The van der Waals surface area contributed by atoms with Crippen LogP contribution in [0.4, 0.5) is 5.69 Å². The molecule has 0 radical (unpaired) electrons. The normalized spacial score (nSPS) is 12.0. The summed E-state index contributed by atoms with van der Waals surface area (Å²) in [5, 5.41) is 0.416. The summed E-state index contributed by atoms with van der Waals surface area (Å²) in [4.78, 5) is 29.7. The van der Waals surface area contributed by atoms with Crippen LogP contribution < -0.4 is 9.52 Å². The van der Waals surface area contributed by atoms with Crippen molar-refractivity contribution < 1.29 is 22.7 Å². The number of fused-ring (bicyclic) bond motifs is 1. The lowest BCUT2D eigenvalue weighted by Crippen LogP contribution is -2.22. The van der Waals surface area contributed by atoms with E-state index in [1.165, 1.54) is 54.8 Å². The average Bonchev–Trinajstić information content (AvgIpc) is 3.19. The number of rotatable bonds is 7. The predicted octanol–water partition coefficient (Wildman–Crippen LogP) is 4.63. The van der Waals surface area contributed by atoms with E-state index in [-0.39, 0.29) is 22.7 Å². The van der Waals surface area contributed by atoms with Gasteiger partial charge >= 0.3 is 5.97 Å². The molecule has 186 valence electrons. The zero-order chi connectivity index (χ0) is 25.9. The highest BCUT2D eigenvalue weighted by Crippen LogP contribution is 2.21. The van der Waals surface area contributed by atoms with Crippen LogP contribution in [0.3, 0.4) is 0 Å². The predicted molar refractivity (Wildman–Crippen MR) is 140 cm³/mol. The number of hydrogen-bond acceptors (Lipinski definition) is 6. The third-order valence-corrected chi connectivity index (χ3v) is 8.04. The Bertz CT molecular complexity index is 1620. The van der Waals surface area contributed by atoms with Gasteiger partial charge in [-0.1, -0.05) is 42.0 Å². The smallest absolute Gasteiger partial charge is 0.325 e. The van der Waals surface area contributed by atoms with Crippen molar-refractivity contribution in [2.24, 2.45) is 4.99 Å². The van der Waals surface area contributed by atoms with Crippen molar-refractivity contribution in [3.8, 4) is 0 Å². The standard InChI is InChI=1S/C25H22ClN3O5S2/c1-3-16-7-12-21-22(13-16)35-25(29(21)15-23(30)34-2)27-24(31)17-5-4-6-19(14-17)28-36(32,33)20-10-8-18(26)9-11-20/h4-14,28H,3,15H2,1-2H3. The minimum absolute atomic E-state index is 0.0360. The van der Waals surface area contributed by atoms with Crippen molar-refractivity contribution in [2.75, 3.05) is 11.8 Å². The van der Waals surface area contributed by atoms with Crippen LogP contribution in [0.2, 0.25) is 5.02 Å². The molecule has 0 unspecified atom stereocenters. The summed E-state index contributed by atoms with van der Waals surface area (Å²) in [6.45, 7) is 1.94. The maximum Gasteiger partial charge on any atom is 0.325 e. The quantitative estimate of drug-likeness (QED) is 0.342. The highest BCUT2D eigenvalue weighted by Gasteiger charge is 2.16. The number of aromatic nitrogens is 1. The van der Waals surface area contributed by atoms with E-state index >= 15 is 0 Å². The molecule has 0 spiro atoms. The number of carbonyl (C=O) groups excluding carboxylic acids is 2. The second kappa shape index (κ2) is 10.7. The topological polar surface area (TPSA) is 107 Å². The second-order valence-electron chi connectivity index (χ2n) is 7.76. The van der Waals surface area contributed by atoms with Gasteiger partial charge in [0, 0.05) is 16.3 Å². The van der Waals surface area contributed by atoms with Crippen LogP contribution in [0, 0.1) is 0 Å². The molecule has 36 heavy (non-hydrogen) atoms. The number of methoxy groups -OCH3 is 1. The number of carbonyl (C=O) groups is 2. The largest absolute Gasteiger partial charge is 0.468 e. The van der Waals surface area contributed by atoms with Crippen LogP contribution in [-0.4, -0.2) is 32.0 Å². The Balaban J connectivity index is 1.69. The number of benzene rings is 3. The van der Waals surface area contributed by atoms with Crippen molar-refractivity contribution >= 4 is 60.7 Å². The third kappa shape index (κ3) is 5.67. The van der Waals surface area contributed by atoms with Crippen LogP contribution in [0.1, 0.15) is 22.8 Å². The van der Waals surface area contributed by atoms with Crippen LogP contribution in [0.25, 0.3) is 10.2 Å². The van der Waals surface area contributed by atoms with Gasteiger partial charge in [0.05, 0.1) is 22.2 Å². The Labute approximate surface area is 216 Å². The van der Waals surface area contributed by atoms with Crippen LogP contribution in [0.15, 0.2) is 76.6 Å². The fourth-order valence-electron chi connectivity index (χ4n) is 3.46. The lowest BCUT2D eigenvalue weighted by molar-refractivity contribution is -0.141. The van der Waals surface area contributed by atoms with E-state index in [9.17, 15) is 18.0 Å². The summed E-state index contributed by atoms with van der Waals surface area (Å²) >= 11 is 7.13. The number of hydrogen-bond donors (Lipinski definition) is 1. The van der Waals surface area contributed by atoms with Crippen molar-refractivity contribution in [1.82, 2.24) is 4.57 Å². The van der Waals surface area contributed by atoms with Gasteiger partial charge in [0.1, 0.15) is 6.54 Å². The van der Waals surface area contributed by atoms with Crippen LogP contribution in [0.5, 0.6) is 0 Å². The molecular weight excluding hydrogens is 522 g/mol. The minimum Gasteiger partial charge on any atom is -0.468 e. The van der Waals surface area contributed by atoms with Gasteiger partial charge in [0.2, 0.25) is 0 Å². The molecule has 11 heteroatoms. The summed E-state index contributed by atoms with van der Waals surface area (Å²) < 4.78 is 35.2. The van der Waals surface area contributed by atoms with E-state index in [1.54, 1.807) is 16.7 Å². The van der Waals surface area contributed by atoms with Gasteiger partial charge < -0.3 is 9.30 Å². The number of anilines is 1. The molecular formula is C25H22ClN3O5S2. The molecule has 1 amide bonds. The Kier molecular flexibility index (Phi) is 7.58. The minimum atomic E-state index is -3.88. The SMILES string of the molecule is CCc1ccc2c(c1)sc(=NC(=O)c1cccc(NS(=O)(=O)c3ccc(Cl)cc3)c1)n2CC(=O)OC. The summed E-state index contributed by atoms with van der Waals surface area (Å²) in [7, 11) is -2.59. The molecule has 4 rings (SSSR count). The fourth-order valence-corrected chi connectivity index (χ4v) is 5.73. The Morgan fingerprint density at radius 2 is 1.83 bits per heavy atom. The molecule has 1 aromatic heterocycles. The van der Waals surface area contributed by atoms with Crippen molar-refractivity contribution in [1.29, 1.82) is 0 Å². The zero-order valence-electron chi connectivity index (χ0n) is 19.4. The van der Waals surface area contributed by atoms with E-state index in [0.717, 1.165) is 22.2 Å². The van der Waals surface area contributed by atoms with Crippen LogP contribution in [-0.2, 0) is 32.5 Å². The number of halogens is 1. The van der Waals surface area contributed by atoms with E-state index in [0.29, 0.717) is 9.82 Å². The molecule has 0 saturated heterocycles. The molecule has 0 aliphatic heterocycles. The number of ether oxygens (including phenoxy) is 1. The second-order valence-corrected chi connectivity index (χ2v) is 10.9. The Hall–Kier alpha value is -3.47. The zero-order valence-corrected chi connectivity index (χ0v) is 21.8. The number of nitrogens with one attached hydrogen (secondary N) is 1. The lowest BCUT2D eigenvalue weighted by Gasteiger charge is -2.09. The number of thiazole rings is 1. The molecule has 0 saturated carbocycles. The van der Waals surface area contributed by atoms with Crippen molar-refractivity contribution in [2.45, 2.75) is 24.8 Å². The highest BCUT2D eigenvalue weighted by molar-refractivity contribution is 7.92. The number of aryl methyl sites for hydroxylation is 1. The van der Waals surface area contributed by atoms with E-state index in [1.807, 2.05) is 25.1 Å². The van der Waals surface area contributed by atoms with Gasteiger partial charge in [0.15, 0.2) is 4.80 Å². The Morgan fingerprint density at radius 1 is 1.08 bits per heavy atom. The average molecular weight is 544 g/mol. The molecule has 3 aromatic carbocycles. The summed E-state index contributed by atoms with van der Waals surface area (Å²) in [6, 6.07) is 17.6. The molecule has 8 nitrogen and oxygen atoms in total. The van der Waals surface area contributed by atoms with Crippen molar-refractivity contribution in [3.05, 3.63) is 87.7 Å². The molecule has 0 aliphatic rings. The molecule has 4 aromatic rings. The molecule has 0 atom stereocenters. The number of amides is 1. The molecule has 0 bridgehead atoms. The first kappa shape index (κ1) is 25.6. The number of sulfonamides is 1. The molecule has 0 aliphatic carbocycles. The molecule has 1 heterocycles. The summed E-state index contributed by atoms with van der Waals surface area (Å²) in [6.07, 6.45) is 0.842. The lowest BCUT2D eigenvalue weighted by atomic mass is 10.2. The maximum absolute atomic E-state index is 13.1. The van der Waals surface area contributed by atoms with Gasteiger partial charge in [-0.05, 0) is 66.6 Å². The first-order valence-electron chi connectivity index (χ1n) is 10.9. The summed E-state index contributed by atoms with van der Waals surface area (Å²) in [5.74, 6) is -1.05. The van der Waals surface area contributed by atoms with E-state index in [2.05, 4.69) is 9.71 Å². The van der Waals surface area contributed by atoms with E-state index < -0.39 is 21.9 Å². The van der Waals surface area contributed by atoms with Crippen molar-refractivity contribution in [3.63, 3.8) is 0 Å². The third-order valence-electron chi connectivity index (χ3n) is 5.35. The molecule has 1 N–H and O–H groups in total. The monoisotopic (exact) mass is 543 g/mol. The molecule has 0 fully saturated rings. The first-order chi connectivity index (χ1) is 17.2. The van der Waals surface area contributed by atoms with Gasteiger partial charge in [0.25, 0.3) is 15.9 Å². The Morgan fingerprint density at radius 3 is 2.53 bits per heavy atom. The van der Waals surface area contributed by atoms with Crippen LogP contribution >= 0.6 is 22.9 Å². The number of nitrogens with zero attached hydrogens (tertiary/aromatic N) is 2. The van der Waals surface area contributed by atoms with Gasteiger partial charge in [-0.3, -0.25) is 14.3 Å². The van der Waals surface area contributed by atoms with Gasteiger partial charge in [-0.15, -0.1) is 0 Å². The van der Waals surface area contributed by atoms with E-state index in [4.69, 9.17) is 16.3 Å². The van der Waals surface area contributed by atoms with Gasteiger partial charge in [-0.2, -0.15) is 4.99 Å². The first-order valence-corrected chi connectivity index (χ1v) is 13.5.